The number of rotatable bonds is 14. The molecule has 7 nitrogen and oxygen atoms in total. The lowest BCUT2D eigenvalue weighted by atomic mass is 9.79. The van der Waals surface area contributed by atoms with E-state index < -0.39 is 5.60 Å². The molecule has 2 aromatic heterocycles. The Labute approximate surface area is 200 Å². The number of furan rings is 1. The zero-order valence-corrected chi connectivity index (χ0v) is 21.0. The number of hydrogen-bond donors (Lipinski definition) is 0. The molecule has 0 N–H and O–H groups in total. The highest BCUT2D eigenvalue weighted by molar-refractivity contribution is 7.99. The van der Waals surface area contributed by atoms with E-state index in [1.165, 1.54) is 19.3 Å². The molecular weight excluding hydrogens is 440 g/mol. The number of likely N-dealkylation sites (tertiary alicyclic amines) is 1. The number of β-lactam (4-membered cyclic amide) rings is 1. The number of methoxy groups -OCH3 is 2. The van der Waals surface area contributed by atoms with E-state index in [9.17, 15) is 4.79 Å². The van der Waals surface area contributed by atoms with Crippen LogP contribution in [-0.2, 0) is 31.8 Å². The number of ether oxygens (including phenoxy) is 3. The van der Waals surface area contributed by atoms with Crippen molar-refractivity contribution in [3.63, 3.8) is 0 Å². The van der Waals surface area contributed by atoms with Crippen molar-refractivity contribution in [2.24, 2.45) is 11.8 Å². The van der Waals surface area contributed by atoms with Crippen molar-refractivity contribution in [1.29, 1.82) is 0 Å². The third-order valence-corrected chi connectivity index (χ3v) is 7.93. The molecule has 1 amide bonds. The number of aryl methyl sites for hydroxylation is 1. The van der Waals surface area contributed by atoms with Crippen molar-refractivity contribution in [3.05, 3.63) is 29.8 Å². The van der Waals surface area contributed by atoms with Crippen LogP contribution < -0.4 is 0 Å². The summed E-state index contributed by atoms with van der Waals surface area (Å²) in [6, 6.07) is 3.88. The maximum Gasteiger partial charge on any atom is 0.259 e. The van der Waals surface area contributed by atoms with E-state index in [2.05, 4.69) is 24.9 Å². The zero-order valence-electron chi connectivity index (χ0n) is 20.2. The van der Waals surface area contributed by atoms with Crippen molar-refractivity contribution in [1.82, 2.24) is 9.88 Å². The van der Waals surface area contributed by atoms with Crippen LogP contribution in [-0.4, -0.2) is 66.7 Å². The molecule has 1 aliphatic heterocycles. The van der Waals surface area contributed by atoms with Crippen LogP contribution in [0.3, 0.4) is 0 Å². The molecule has 4 rings (SSSR count). The summed E-state index contributed by atoms with van der Waals surface area (Å²) in [4.78, 5) is 19.8. The van der Waals surface area contributed by atoms with Crippen LogP contribution in [0.4, 0.5) is 0 Å². The topological polar surface area (TPSA) is 74.0 Å². The van der Waals surface area contributed by atoms with Crippen molar-refractivity contribution < 1.29 is 23.4 Å². The van der Waals surface area contributed by atoms with E-state index in [0.29, 0.717) is 12.3 Å². The van der Waals surface area contributed by atoms with Gasteiger partial charge in [0.2, 0.25) is 0 Å². The molecule has 182 valence electrons. The first-order chi connectivity index (χ1) is 16.0. The van der Waals surface area contributed by atoms with Crippen LogP contribution in [0.15, 0.2) is 22.7 Å². The van der Waals surface area contributed by atoms with E-state index in [-0.39, 0.29) is 25.5 Å². The molecule has 8 heteroatoms. The van der Waals surface area contributed by atoms with Gasteiger partial charge < -0.3 is 23.5 Å². The molecule has 0 unspecified atom stereocenters. The first kappa shape index (κ1) is 24.5. The Morgan fingerprint density at radius 1 is 1.30 bits per heavy atom. The van der Waals surface area contributed by atoms with Gasteiger partial charge in [-0.2, -0.15) is 11.8 Å². The summed E-state index contributed by atoms with van der Waals surface area (Å²) >= 11 is 1.84. The average Bonchev–Trinajstić information content (AvgIpc) is 3.54. The van der Waals surface area contributed by atoms with Crippen molar-refractivity contribution >= 4 is 28.6 Å². The molecule has 0 aromatic carbocycles. The van der Waals surface area contributed by atoms with E-state index in [4.69, 9.17) is 18.6 Å². The monoisotopic (exact) mass is 476 g/mol. The standard InChI is InChI=1S/C25H36N2O5S/c1-17(2)13-33-14-23-25(31-16-30-4,24(28)27(23)15-29-3)12-21-20-11-19(8-7-18-5-6-18)32-22(20)9-10-26-21/h9-11,17-18,23H,5-8,12-16H2,1-4H3/t23-,25+/m0/s1. The number of carbonyl (C=O) groups excluding carboxylic acids is 1. The van der Waals surface area contributed by atoms with Gasteiger partial charge in [-0.15, -0.1) is 0 Å². The molecule has 1 aliphatic carbocycles. The highest BCUT2D eigenvalue weighted by atomic mass is 32.2. The Morgan fingerprint density at radius 2 is 2.12 bits per heavy atom. The van der Waals surface area contributed by atoms with Crippen LogP contribution in [0, 0.1) is 11.8 Å². The minimum atomic E-state index is -1.02. The highest BCUT2D eigenvalue weighted by Gasteiger charge is 2.62. The lowest BCUT2D eigenvalue weighted by molar-refractivity contribution is -0.229. The number of aromatic nitrogens is 1. The Morgan fingerprint density at radius 3 is 2.82 bits per heavy atom. The summed E-state index contributed by atoms with van der Waals surface area (Å²) in [6.45, 7) is 4.69. The fourth-order valence-electron chi connectivity index (χ4n) is 4.54. The molecule has 1 saturated carbocycles. The lowest BCUT2D eigenvalue weighted by Gasteiger charge is -2.54. The van der Waals surface area contributed by atoms with Crippen LogP contribution in [0.5, 0.6) is 0 Å². The first-order valence-corrected chi connectivity index (χ1v) is 13.0. The molecule has 2 atom stereocenters. The highest BCUT2D eigenvalue weighted by Crippen LogP contribution is 2.41. The second-order valence-corrected chi connectivity index (χ2v) is 10.7. The molecule has 3 heterocycles. The molecule has 0 bridgehead atoms. The van der Waals surface area contributed by atoms with Gasteiger partial charge in [0.1, 0.15) is 24.9 Å². The minimum Gasteiger partial charge on any atom is -0.461 e. The van der Waals surface area contributed by atoms with E-state index in [1.807, 2.05) is 17.8 Å². The van der Waals surface area contributed by atoms with Gasteiger partial charge in [-0.05, 0) is 36.1 Å². The van der Waals surface area contributed by atoms with Gasteiger partial charge in [0.05, 0.1) is 11.7 Å². The number of hydrogen-bond acceptors (Lipinski definition) is 7. The van der Waals surface area contributed by atoms with Crippen LogP contribution >= 0.6 is 11.8 Å². The smallest absolute Gasteiger partial charge is 0.259 e. The number of pyridine rings is 1. The molecule has 0 spiro atoms. The number of nitrogens with zero attached hydrogens (tertiary/aromatic N) is 2. The molecular formula is C25H36N2O5S. The predicted octanol–water partition coefficient (Wildman–Crippen LogP) is 4.28. The summed E-state index contributed by atoms with van der Waals surface area (Å²) in [5.41, 5.74) is 0.624. The van der Waals surface area contributed by atoms with Crippen LogP contribution in [0.2, 0.25) is 0 Å². The van der Waals surface area contributed by atoms with E-state index >= 15 is 0 Å². The molecule has 0 radical (unpaired) electrons. The predicted molar refractivity (Wildman–Crippen MR) is 129 cm³/mol. The van der Waals surface area contributed by atoms with Gasteiger partial charge in [-0.25, -0.2) is 0 Å². The quantitative estimate of drug-likeness (QED) is 0.298. The first-order valence-electron chi connectivity index (χ1n) is 11.9. The minimum absolute atomic E-state index is 0.0475. The van der Waals surface area contributed by atoms with Crippen molar-refractivity contribution in [3.8, 4) is 0 Å². The number of amides is 1. The molecule has 1 saturated heterocycles. The summed E-state index contributed by atoms with van der Waals surface area (Å²) in [5, 5.41) is 0.968. The van der Waals surface area contributed by atoms with Crippen molar-refractivity contribution in [2.75, 3.05) is 39.2 Å². The summed E-state index contributed by atoms with van der Waals surface area (Å²) < 4.78 is 22.8. The summed E-state index contributed by atoms with van der Waals surface area (Å²) in [7, 11) is 3.19. The number of carbonyl (C=O) groups is 1. The lowest BCUT2D eigenvalue weighted by Crippen LogP contribution is -2.77. The Balaban J connectivity index is 1.60. The van der Waals surface area contributed by atoms with E-state index in [1.54, 1.807) is 25.3 Å². The third kappa shape index (κ3) is 5.39. The summed E-state index contributed by atoms with van der Waals surface area (Å²) in [5.74, 6) is 4.13. The van der Waals surface area contributed by atoms with Gasteiger partial charge in [0.15, 0.2) is 5.60 Å². The van der Waals surface area contributed by atoms with Crippen LogP contribution in [0.1, 0.15) is 44.6 Å². The normalized spacial score (nSPS) is 23.0. The average molecular weight is 477 g/mol. The number of fused-ring (bicyclic) bond motifs is 1. The Hall–Kier alpha value is -1.61. The zero-order chi connectivity index (χ0) is 23.4. The third-order valence-electron chi connectivity index (χ3n) is 6.47. The number of thioether (sulfide) groups is 1. The molecule has 33 heavy (non-hydrogen) atoms. The van der Waals surface area contributed by atoms with Crippen molar-refractivity contribution in [2.45, 2.75) is 57.6 Å². The molecule has 2 aliphatic rings. The SMILES string of the molecule is COCO[C@@]1(Cc2nccc3oc(CCC4CC4)cc23)C(=O)N(COC)[C@H]1CSCC(C)C. The molecule has 2 aromatic rings. The van der Waals surface area contributed by atoms with E-state index in [0.717, 1.165) is 46.3 Å². The van der Waals surface area contributed by atoms with Gasteiger partial charge in [-0.1, -0.05) is 26.7 Å². The largest absolute Gasteiger partial charge is 0.461 e. The van der Waals surface area contributed by atoms with Gasteiger partial charge in [0, 0.05) is 44.4 Å². The van der Waals surface area contributed by atoms with Gasteiger partial charge in [-0.3, -0.25) is 9.78 Å². The maximum atomic E-state index is 13.4. The Kier molecular flexibility index (Phi) is 7.99. The van der Waals surface area contributed by atoms with Gasteiger partial charge >= 0.3 is 0 Å². The second kappa shape index (κ2) is 10.8. The maximum absolute atomic E-state index is 13.4. The fraction of sp³-hybridized carbons (Fsp3) is 0.680. The fourth-order valence-corrected chi connectivity index (χ4v) is 5.82. The van der Waals surface area contributed by atoms with Gasteiger partial charge in [0.25, 0.3) is 5.91 Å². The van der Waals surface area contributed by atoms with Crippen LogP contribution in [0.25, 0.3) is 11.0 Å². The Bertz CT molecular complexity index is 944. The summed E-state index contributed by atoms with van der Waals surface area (Å²) in [6.07, 6.45) is 6.92. The molecule has 2 fully saturated rings. The second-order valence-electron chi connectivity index (χ2n) is 9.62.